The highest BCUT2D eigenvalue weighted by molar-refractivity contribution is 5.24. The monoisotopic (exact) mass is 392 g/mol. The third-order valence-corrected chi connectivity index (χ3v) is 10.1. The predicted octanol–water partition coefficient (Wildman–Crippen LogP) is 8.39. The summed E-state index contributed by atoms with van der Waals surface area (Å²) in [6, 6.07) is 9.26. The summed E-state index contributed by atoms with van der Waals surface area (Å²) in [5, 5.41) is 0. The molecule has 5 rings (SSSR count). The maximum absolute atomic E-state index is 2.73. The van der Waals surface area contributed by atoms with Crippen molar-refractivity contribution in [3.8, 4) is 0 Å². The molecule has 0 N–H and O–H groups in total. The van der Waals surface area contributed by atoms with Gasteiger partial charge in [-0.2, -0.15) is 0 Å². The topological polar surface area (TPSA) is 0 Å². The molecule has 0 radical (unpaired) electrons. The van der Waals surface area contributed by atoms with E-state index in [2.05, 4.69) is 51.1 Å². The summed E-state index contributed by atoms with van der Waals surface area (Å²) in [4.78, 5) is 0. The Morgan fingerprint density at radius 2 is 1.79 bits per heavy atom. The highest BCUT2D eigenvalue weighted by atomic mass is 14.6. The minimum absolute atomic E-state index is 0. The van der Waals surface area contributed by atoms with Gasteiger partial charge in [0.05, 0.1) is 0 Å². The first-order chi connectivity index (χ1) is 14.1. The first-order valence-electron chi connectivity index (χ1n) is 12.8. The Bertz CT molecular complexity index is 746. The zero-order chi connectivity index (χ0) is 20.0. The van der Waals surface area contributed by atoms with E-state index >= 15 is 0 Å². The molecule has 1 aromatic carbocycles. The van der Waals surface area contributed by atoms with Gasteiger partial charge in [0.25, 0.3) is 0 Å². The smallest absolute Gasteiger partial charge is 0 e. The Morgan fingerprint density at radius 1 is 1.00 bits per heavy atom. The second-order valence-electron chi connectivity index (χ2n) is 11.5. The Balaban J connectivity index is 0.00000218. The van der Waals surface area contributed by atoms with E-state index in [1.54, 1.807) is 0 Å². The molecule has 7 atom stereocenters. The van der Waals surface area contributed by atoms with Crippen molar-refractivity contribution in [3.05, 3.63) is 47.0 Å². The molecular weight excluding hydrogens is 348 g/mol. The molecule has 0 heteroatoms. The van der Waals surface area contributed by atoms with Crippen molar-refractivity contribution >= 4 is 0 Å². The number of hydrogen-bond donors (Lipinski definition) is 0. The Hall–Kier alpha value is -1.04. The van der Waals surface area contributed by atoms with Crippen molar-refractivity contribution in [2.75, 3.05) is 0 Å². The first-order valence-corrected chi connectivity index (χ1v) is 12.8. The van der Waals surface area contributed by atoms with Gasteiger partial charge in [0.1, 0.15) is 0 Å². The van der Waals surface area contributed by atoms with E-state index < -0.39 is 0 Å². The molecule has 160 valence electrons. The van der Waals surface area contributed by atoms with Crippen LogP contribution in [-0.2, 0) is 6.42 Å². The van der Waals surface area contributed by atoms with Crippen molar-refractivity contribution in [2.24, 2.45) is 40.9 Å². The minimum atomic E-state index is 0. The highest BCUT2D eigenvalue weighted by Gasteiger charge is 2.53. The first kappa shape index (κ1) is 19.9. The van der Waals surface area contributed by atoms with Gasteiger partial charge >= 0.3 is 0 Å². The summed E-state index contributed by atoms with van der Waals surface area (Å²) in [7, 11) is 0. The SMILES string of the molecule is Cc1ccc(CCC(C)C2CCC3C2CCC2C3CC=C3CCCCC32C)cc1.[HH]. The number of benzene rings is 1. The van der Waals surface area contributed by atoms with E-state index in [1.165, 1.54) is 81.8 Å². The zero-order valence-electron chi connectivity index (χ0n) is 19.1. The van der Waals surface area contributed by atoms with Gasteiger partial charge in [0.2, 0.25) is 0 Å². The lowest BCUT2D eigenvalue weighted by molar-refractivity contribution is 0.000580. The van der Waals surface area contributed by atoms with Crippen molar-refractivity contribution in [1.29, 1.82) is 0 Å². The van der Waals surface area contributed by atoms with Gasteiger partial charge < -0.3 is 0 Å². The number of hydrogen-bond acceptors (Lipinski definition) is 0. The molecule has 0 nitrogen and oxygen atoms in total. The largest absolute Gasteiger partial charge is 0.0845 e. The van der Waals surface area contributed by atoms with Gasteiger partial charge in [0, 0.05) is 1.43 Å². The number of aryl methyl sites for hydroxylation is 2. The number of fused-ring (bicyclic) bond motifs is 5. The Morgan fingerprint density at radius 3 is 2.62 bits per heavy atom. The minimum Gasteiger partial charge on any atom is -0.0845 e. The second kappa shape index (κ2) is 7.90. The Kier molecular flexibility index (Phi) is 5.42. The third kappa shape index (κ3) is 3.53. The van der Waals surface area contributed by atoms with Gasteiger partial charge in [-0.3, -0.25) is 0 Å². The second-order valence-corrected chi connectivity index (χ2v) is 11.5. The van der Waals surface area contributed by atoms with Crippen LogP contribution in [0.2, 0.25) is 0 Å². The summed E-state index contributed by atoms with van der Waals surface area (Å²) in [5.74, 6) is 5.97. The summed E-state index contributed by atoms with van der Waals surface area (Å²) in [6.07, 6.45) is 18.7. The summed E-state index contributed by atoms with van der Waals surface area (Å²) in [5.41, 5.74) is 5.36. The van der Waals surface area contributed by atoms with E-state index in [0.29, 0.717) is 5.41 Å². The van der Waals surface area contributed by atoms with Crippen molar-refractivity contribution < 1.29 is 1.43 Å². The molecule has 0 saturated heterocycles. The van der Waals surface area contributed by atoms with E-state index in [-0.39, 0.29) is 1.43 Å². The van der Waals surface area contributed by atoms with Crippen molar-refractivity contribution in [2.45, 2.75) is 91.4 Å². The molecule has 0 amide bonds. The molecule has 3 saturated carbocycles. The average molecular weight is 393 g/mol. The highest BCUT2D eigenvalue weighted by Crippen LogP contribution is 2.62. The van der Waals surface area contributed by atoms with Crippen LogP contribution in [0.25, 0.3) is 0 Å². The van der Waals surface area contributed by atoms with Gasteiger partial charge in [0.15, 0.2) is 0 Å². The fourth-order valence-corrected chi connectivity index (χ4v) is 8.47. The van der Waals surface area contributed by atoms with Gasteiger partial charge in [-0.15, -0.1) is 0 Å². The number of rotatable bonds is 4. The Labute approximate surface area is 181 Å². The molecule has 4 aliphatic rings. The van der Waals surface area contributed by atoms with Gasteiger partial charge in [-0.05, 0) is 118 Å². The predicted molar refractivity (Wildman–Crippen MR) is 126 cm³/mol. The molecule has 0 aromatic heterocycles. The summed E-state index contributed by atoms with van der Waals surface area (Å²) in [6.45, 7) is 7.43. The average Bonchev–Trinajstić information content (AvgIpc) is 3.17. The standard InChI is InChI=1S/C29H42.H2/c1-20-7-10-22(11-8-20)12-9-21(2)24-15-16-26-25(24)17-18-28-27(26)14-13-23-6-4-5-19-29(23,28)3;/h7-8,10-11,13,21,24-28H,4-6,9,12,14-19H2,1-3H3;1H. The van der Waals surface area contributed by atoms with Crippen molar-refractivity contribution in [1.82, 2.24) is 0 Å². The molecule has 0 spiro atoms. The molecule has 7 unspecified atom stereocenters. The molecule has 4 aliphatic carbocycles. The molecule has 0 aliphatic heterocycles. The normalized spacial score (nSPS) is 39.8. The maximum atomic E-state index is 2.73. The third-order valence-electron chi connectivity index (χ3n) is 10.1. The number of allylic oxidation sites excluding steroid dienone is 2. The van der Waals surface area contributed by atoms with Crippen molar-refractivity contribution in [3.63, 3.8) is 0 Å². The van der Waals surface area contributed by atoms with Crippen LogP contribution in [0.15, 0.2) is 35.9 Å². The lowest BCUT2D eigenvalue weighted by Gasteiger charge is -2.55. The maximum Gasteiger partial charge on any atom is 0 e. The van der Waals surface area contributed by atoms with Crippen LogP contribution in [0, 0.1) is 47.8 Å². The van der Waals surface area contributed by atoms with Crippen LogP contribution in [-0.4, -0.2) is 0 Å². The van der Waals surface area contributed by atoms with Crippen LogP contribution in [0.5, 0.6) is 0 Å². The molecule has 1 aromatic rings. The van der Waals surface area contributed by atoms with Crippen LogP contribution in [0.3, 0.4) is 0 Å². The fourth-order valence-electron chi connectivity index (χ4n) is 8.47. The van der Waals surface area contributed by atoms with E-state index in [4.69, 9.17) is 0 Å². The summed E-state index contributed by atoms with van der Waals surface area (Å²) < 4.78 is 0. The lowest BCUT2D eigenvalue weighted by atomic mass is 9.50. The van der Waals surface area contributed by atoms with Crippen LogP contribution in [0.4, 0.5) is 0 Å². The van der Waals surface area contributed by atoms with E-state index in [9.17, 15) is 0 Å². The quantitative estimate of drug-likeness (QED) is 0.451. The zero-order valence-corrected chi connectivity index (χ0v) is 19.1. The molecule has 3 fully saturated rings. The van der Waals surface area contributed by atoms with Gasteiger partial charge in [-0.25, -0.2) is 0 Å². The van der Waals surface area contributed by atoms with E-state index in [1.807, 2.05) is 5.57 Å². The summed E-state index contributed by atoms with van der Waals surface area (Å²) >= 11 is 0. The molecular formula is C29H44. The van der Waals surface area contributed by atoms with E-state index in [0.717, 1.165) is 35.5 Å². The molecule has 0 heterocycles. The van der Waals surface area contributed by atoms with Gasteiger partial charge in [-0.1, -0.05) is 61.7 Å². The van der Waals surface area contributed by atoms with Crippen LogP contribution < -0.4 is 0 Å². The van der Waals surface area contributed by atoms with Crippen LogP contribution >= 0.6 is 0 Å². The van der Waals surface area contributed by atoms with Crippen LogP contribution in [0.1, 0.15) is 90.6 Å². The molecule has 29 heavy (non-hydrogen) atoms. The molecule has 0 bridgehead atoms. The lowest BCUT2D eigenvalue weighted by Crippen LogP contribution is -2.46. The fraction of sp³-hybridized carbons (Fsp3) is 0.724.